The lowest BCUT2D eigenvalue weighted by atomic mass is 9.99. The van der Waals surface area contributed by atoms with E-state index in [9.17, 15) is 31.6 Å². The Balaban J connectivity index is 1.90. The van der Waals surface area contributed by atoms with Crippen molar-refractivity contribution in [2.45, 2.75) is 0 Å². The highest BCUT2D eigenvalue weighted by atomic mass is 15.0. The van der Waals surface area contributed by atoms with Crippen molar-refractivity contribution in [3.05, 3.63) is 46.0 Å². The molecule has 0 amide bonds. The Morgan fingerprint density at radius 2 is 0.658 bits per heavy atom. The van der Waals surface area contributed by atoms with Crippen LogP contribution in [0.2, 0.25) is 0 Å². The second-order valence-electron chi connectivity index (χ2n) is 7.59. The molecule has 2 aromatic carbocycles. The van der Waals surface area contributed by atoms with E-state index in [1.165, 1.54) is 12.1 Å². The summed E-state index contributed by atoms with van der Waals surface area (Å²) in [5, 5.41) is 57.4. The van der Waals surface area contributed by atoms with Gasteiger partial charge in [0.1, 0.15) is 58.5 Å². The van der Waals surface area contributed by atoms with Crippen LogP contribution in [-0.2, 0) is 0 Å². The number of nitrogens with zero attached hydrogens (tertiary/aromatic N) is 14. The van der Waals surface area contributed by atoms with E-state index in [0.29, 0.717) is 10.8 Å². The van der Waals surface area contributed by atoms with Crippen LogP contribution in [0.3, 0.4) is 0 Å². The fourth-order valence-corrected chi connectivity index (χ4v) is 3.96. The molecule has 0 bridgehead atoms. The normalized spacial score (nSPS) is 10.5. The van der Waals surface area contributed by atoms with Crippen LogP contribution < -0.4 is 0 Å². The van der Waals surface area contributed by atoms with Crippen LogP contribution in [0.5, 0.6) is 0 Å². The van der Waals surface area contributed by atoms with E-state index >= 15 is 0 Å². The summed E-state index contributed by atoms with van der Waals surface area (Å²) in [4.78, 5) is 34.5. The fraction of sp³-hybridized carbons (Fsp3) is 0. The zero-order valence-corrected chi connectivity index (χ0v) is 18.4. The number of hydrogen-bond acceptors (Lipinski definition) is 14. The Morgan fingerprint density at radius 1 is 0.368 bits per heavy atom. The molecule has 4 heterocycles. The highest BCUT2D eigenvalue weighted by molar-refractivity contribution is 6.22. The summed E-state index contributed by atoms with van der Waals surface area (Å²) in [6, 6.07) is 14.0. The molecule has 0 radical (unpaired) electrons. The number of benzene rings is 2. The van der Waals surface area contributed by atoms with Crippen LogP contribution in [0.4, 0.5) is 0 Å². The summed E-state index contributed by atoms with van der Waals surface area (Å²) >= 11 is 0. The first-order chi connectivity index (χ1) is 18.5. The molecule has 0 atom stereocenters. The van der Waals surface area contributed by atoms with E-state index in [1.807, 2.05) is 12.1 Å². The van der Waals surface area contributed by atoms with Gasteiger partial charge in [0.2, 0.25) is 0 Å². The average molecular weight is 486 g/mol. The smallest absolute Gasteiger partial charge is 0.199 e. The van der Waals surface area contributed by atoms with E-state index in [-0.39, 0.29) is 78.6 Å². The molecule has 0 spiro atoms. The Hall–Kier alpha value is -7.00. The minimum atomic E-state index is -0.241. The molecular weight excluding hydrogens is 484 g/mol. The SMILES string of the molecule is N#Cc1cc2c(cc1C#N)c1nc3nc(C#N)c(C#N)nc3nc1c1nc3nc(C#N)c(C#N)nc3nc21. The molecule has 0 aliphatic rings. The second-order valence-corrected chi connectivity index (χ2v) is 7.59. The molecule has 168 valence electrons. The maximum Gasteiger partial charge on any atom is 0.199 e. The molecule has 14 heteroatoms. The Morgan fingerprint density at radius 3 is 0.921 bits per heavy atom. The Labute approximate surface area is 209 Å². The lowest BCUT2D eigenvalue weighted by Crippen LogP contribution is -2.03. The van der Waals surface area contributed by atoms with Gasteiger partial charge in [-0.3, -0.25) is 0 Å². The Kier molecular flexibility index (Phi) is 4.40. The second kappa shape index (κ2) is 7.77. The van der Waals surface area contributed by atoms with E-state index < -0.39 is 0 Å². The first-order valence-electron chi connectivity index (χ1n) is 10.3. The molecule has 0 aliphatic carbocycles. The Bertz CT molecular complexity index is 2200. The van der Waals surface area contributed by atoms with Crippen molar-refractivity contribution in [3.63, 3.8) is 0 Å². The molecule has 0 fully saturated rings. The molecule has 0 saturated carbocycles. The molecule has 6 aromatic rings. The van der Waals surface area contributed by atoms with Crippen molar-refractivity contribution in [1.82, 2.24) is 39.9 Å². The summed E-state index contributed by atoms with van der Waals surface area (Å²) in [6.07, 6.45) is 0. The molecule has 14 nitrogen and oxygen atoms in total. The molecule has 4 aromatic heterocycles. The molecule has 0 unspecified atom stereocenters. The molecule has 38 heavy (non-hydrogen) atoms. The lowest BCUT2D eigenvalue weighted by molar-refractivity contribution is 1.14. The maximum absolute atomic E-state index is 9.61. The number of fused-ring (bicyclic) bond motifs is 8. The van der Waals surface area contributed by atoms with Gasteiger partial charge in [-0.05, 0) is 12.1 Å². The monoisotopic (exact) mass is 486 g/mol. The first kappa shape index (κ1) is 21.5. The number of rotatable bonds is 0. The van der Waals surface area contributed by atoms with Gasteiger partial charge >= 0.3 is 0 Å². The van der Waals surface area contributed by atoms with Gasteiger partial charge in [0.25, 0.3) is 0 Å². The van der Waals surface area contributed by atoms with Crippen LogP contribution in [0.25, 0.3) is 55.4 Å². The highest BCUT2D eigenvalue weighted by Crippen LogP contribution is 2.34. The minimum absolute atomic E-state index is 0.0319. The van der Waals surface area contributed by atoms with Crippen LogP contribution in [0, 0.1) is 68.0 Å². The summed E-state index contributed by atoms with van der Waals surface area (Å²) < 4.78 is 0. The lowest BCUT2D eigenvalue weighted by Gasteiger charge is -2.10. The average Bonchev–Trinajstić information content (AvgIpc) is 2.97. The van der Waals surface area contributed by atoms with Crippen LogP contribution >= 0.6 is 0 Å². The van der Waals surface area contributed by atoms with E-state index in [0.717, 1.165) is 0 Å². The molecule has 0 saturated heterocycles. The molecule has 6 rings (SSSR count). The largest absolute Gasteiger partial charge is 0.223 e. The molecule has 0 aliphatic heterocycles. The van der Waals surface area contributed by atoms with E-state index in [2.05, 4.69) is 39.9 Å². The van der Waals surface area contributed by atoms with Crippen LogP contribution in [0.1, 0.15) is 33.9 Å². The van der Waals surface area contributed by atoms with Gasteiger partial charge < -0.3 is 0 Å². The van der Waals surface area contributed by atoms with Crippen molar-refractivity contribution in [2.75, 3.05) is 0 Å². The van der Waals surface area contributed by atoms with Crippen molar-refractivity contribution in [2.24, 2.45) is 0 Å². The van der Waals surface area contributed by atoms with E-state index in [1.54, 1.807) is 24.3 Å². The van der Waals surface area contributed by atoms with E-state index in [4.69, 9.17) is 0 Å². The van der Waals surface area contributed by atoms with Crippen LogP contribution in [0.15, 0.2) is 12.1 Å². The predicted octanol–water partition coefficient (Wildman–Crippen LogP) is 1.84. The third-order valence-corrected chi connectivity index (χ3v) is 5.60. The van der Waals surface area contributed by atoms with Crippen LogP contribution in [-0.4, -0.2) is 39.9 Å². The third kappa shape index (κ3) is 2.87. The summed E-state index contributed by atoms with van der Waals surface area (Å²) in [5.74, 6) is 0. The zero-order chi connectivity index (χ0) is 26.6. The van der Waals surface area contributed by atoms with Crippen molar-refractivity contribution < 1.29 is 0 Å². The van der Waals surface area contributed by atoms with Gasteiger partial charge in [0, 0.05) is 10.8 Å². The molecule has 0 N–H and O–H groups in total. The fourth-order valence-electron chi connectivity index (χ4n) is 3.96. The van der Waals surface area contributed by atoms with Crippen molar-refractivity contribution in [3.8, 4) is 36.4 Å². The maximum atomic E-state index is 9.61. The topological polar surface area (TPSA) is 246 Å². The number of nitriles is 6. The first-order valence-corrected chi connectivity index (χ1v) is 10.3. The van der Waals surface area contributed by atoms with Gasteiger partial charge in [-0.25, -0.2) is 39.9 Å². The third-order valence-electron chi connectivity index (χ3n) is 5.60. The summed E-state index contributed by atoms with van der Waals surface area (Å²) in [5.41, 5.74) is -0.250. The van der Waals surface area contributed by atoms with Gasteiger partial charge in [-0.15, -0.1) is 0 Å². The highest BCUT2D eigenvalue weighted by Gasteiger charge is 2.21. The van der Waals surface area contributed by atoms with Gasteiger partial charge in [0.05, 0.1) is 11.1 Å². The number of aromatic nitrogens is 8. The summed E-state index contributed by atoms with van der Waals surface area (Å²) in [6.45, 7) is 0. The summed E-state index contributed by atoms with van der Waals surface area (Å²) in [7, 11) is 0. The quantitative estimate of drug-likeness (QED) is 0.219. The predicted molar refractivity (Wildman–Crippen MR) is 125 cm³/mol. The van der Waals surface area contributed by atoms with Crippen molar-refractivity contribution >= 4 is 55.4 Å². The van der Waals surface area contributed by atoms with Gasteiger partial charge in [-0.2, -0.15) is 31.6 Å². The number of hydrogen-bond donors (Lipinski definition) is 0. The van der Waals surface area contributed by atoms with Crippen molar-refractivity contribution in [1.29, 1.82) is 31.6 Å². The molecular formula is C24H2N14. The zero-order valence-electron chi connectivity index (χ0n) is 18.4. The standard InChI is InChI=1S/C24H2N14/c25-3-9-1-11-12(2-10(9)4-26)18-20(38-24-22(36-18)32-14(6-28)16(8-30)34-24)19-17(11)35-21-23(37-19)33-15(7-29)13(5-27)31-21/h1-2H. The minimum Gasteiger partial charge on any atom is -0.223 e. The van der Waals surface area contributed by atoms with Gasteiger partial charge in [0.15, 0.2) is 45.4 Å². The van der Waals surface area contributed by atoms with Gasteiger partial charge in [-0.1, -0.05) is 0 Å².